The van der Waals surface area contributed by atoms with Gasteiger partial charge in [0, 0.05) is 11.4 Å². The van der Waals surface area contributed by atoms with E-state index in [0.29, 0.717) is 17.0 Å². The first-order valence-electron chi connectivity index (χ1n) is 5.16. The van der Waals surface area contributed by atoms with Crippen LogP contribution in [0, 0.1) is 6.92 Å². The summed E-state index contributed by atoms with van der Waals surface area (Å²) in [4.78, 5) is 21.9. The molecule has 0 aromatic heterocycles. The summed E-state index contributed by atoms with van der Waals surface area (Å²) in [5.41, 5.74) is 1.19. The van der Waals surface area contributed by atoms with E-state index in [1.54, 1.807) is 25.1 Å². The van der Waals surface area contributed by atoms with Crippen molar-refractivity contribution < 1.29 is 19.4 Å². The summed E-state index contributed by atoms with van der Waals surface area (Å²) >= 11 is 5.77. The zero-order valence-electron chi connectivity index (χ0n) is 9.40. The fourth-order valence-corrected chi connectivity index (χ4v) is 1.55. The van der Waals surface area contributed by atoms with E-state index >= 15 is 0 Å². The molecule has 0 aliphatic rings. The molecule has 0 amide bonds. The molecule has 5 heteroatoms. The molecule has 4 nitrogen and oxygen atoms in total. The number of carbonyl (C=O) groups excluding carboxylic acids is 1. The number of halogens is 1. The fourth-order valence-electron chi connectivity index (χ4n) is 1.32. The van der Waals surface area contributed by atoms with E-state index in [0.717, 1.165) is 5.56 Å². The van der Waals surface area contributed by atoms with Crippen molar-refractivity contribution in [2.75, 3.05) is 6.61 Å². The Morgan fingerprint density at radius 3 is 2.71 bits per heavy atom. The summed E-state index contributed by atoms with van der Waals surface area (Å²) in [6.45, 7) is 1.87. The van der Waals surface area contributed by atoms with Gasteiger partial charge in [-0.1, -0.05) is 11.6 Å². The van der Waals surface area contributed by atoms with Gasteiger partial charge >= 0.3 is 11.9 Å². The van der Waals surface area contributed by atoms with Gasteiger partial charge in [-0.25, -0.2) is 4.79 Å². The van der Waals surface area contributed by atoms with Gasteiger partial charge in [-0.2, -0.15) is 0 Å². The molecule has 0 unspecified atom stereocenters. The van der Waals surface area contributed by atoms with Crippen molar-refractivity contribution in [2.24, 2.45) is 0 Å². The molecule has 0 heterocycles. The molecule has 17 heavy (non-hydrogen) atoms. The quantitative estimate of drug-likeness (QED) is 0.650. The number of aliphatic carboxylic acids is 1. The Bertz CT molecular complexity index is 429. The summed E-state index contributed by atoms with van der Waals surface area (Å²) in [7, 11) is 0. The lowest BCUT2D eigenvalue weighted by molar-refractivity contribution is -0.137. The molecular formula is C12H13ClO4. The van der Waals surface area contributed by atoms with Crippen LogP contribution in [0.3, 0.4) is 0 Å². The molecule has 0 bridgehead atoms. The average molecular weight is 257 g/mol. The molecule has 92 valence electrons. The van der Waals surface area contributed by atoms with Crippen LogP contribution in [-0.4, -0.2) is 23.7 Å². The number of carboxylic acids is 1. The highest BCUT2D eigenvalue weighted by atomic mass is 35.5. The second-order valence-corrected chi connectivity index (χ2v) is 4.03. The van der Waals surface area contributed by atoms with Gasteiger partial charge in [0.05, 0.1) is 12.2 Å². The van der Waals surface area contributed by atoms with Crippen LogP contribution in [0.5, 0.6) is 0 Å². The minimum atomic E-state index is -0.899. The van der Waals surface area contributed by atoms with Gasteiger partial charge in [-0.3, -0.25) is 4.79 Å². The monoisotopic (exact) mass is 256 g/mol. The fraction of sp³-hybridized carbons (Fsp3) is 0.333. The molecule has 1 N–H and O–H groups in total. The molecule has 0 aliphatic carbocycles. The van der Waals surface area contributed by atoms with E-state index in [2.05, 4.69) is 0 Å². The lowest BCUT2D eigenvalue weighted by Gasteiger charge is -2.06. The van der Waals surface area contributed by atoms with Crippen molar-refractivity contribution in [1.29, 1.82) is 0 Å². The molecule has 0 saturated carbocycles. The number of rotatable bonds is 5. The predicted molar refractivity (Wildman–Crippen MR) is 63.3 cm³/mol. The second-order valence-electron chi connectivity index (χ2n) is 3.59. The topological polar surface area (TPSA) is 63.6 Å². The first-order valence-corrected chi connectivity index (χ1v) is 5.53. The zero-order chi connectivity index (χ0) is 12.8. The Labute approximate surface area is 104 Å². The molecule has 0 radical (unpaired) electrons. The van der Waals surface area contributed by atoms with Crippen LogP contribution < -0.4 is 0 Å². The summed E-state index contributed by atoms with van der Waals surface area (Å²) in [5, 5.41) is 8.98. The van der Waals surface area contributed by atoms with Crippen molar-refractivity contribution in [3.05, 3.63) is 34.3 Å². The van der Waals surface area contributed by atoms with E-state index in [1.165, 1.54) is 0 Å². The smallest absolute Gasteiger partial charge is 0.338 e. The maximum atomic E-state index is 11.6. The van der Waals surface area contributed by atoms with Gasteiger partial charge in [0.2, 0.25) is 0 Å². The minimum absolute atomic E-state index is 0.00706. The van der Waals surface area contributed by atoms with Crippen molar-refractivity contribution in [3.8, 4) is 0 Å². The Kier molecular flexibility index (Phi) is 4.97. The van der Waals surface area contributed by atoms with Crippen molar-refractivity contribution >= 4 is 23.5 Å². The first-order chi connectivity index (χ1) is 8.00. The summed E-state index contributed by atoms with van der Waals surface area (Å²) < 4.78 is 4.95. The van der Waals surface area contributed by atoms with E-state index < -0.39 is 11.9 Å². The van der Waals surface area contributed by atoms with Gasteiger partial charge < -0.3 is 9.84 Å². The normalized spacial score (nSPS) is 10.0. The van der Waals surface area contributed by atoms with Gasteiger partial charge in [-0.05, 0) is 37.1 Å². The van der Waals surface area contributed by atoms with Crippen LogP contribution in [0.1, 0.15) is 28.8 Å². The van der Waals surface area contributed by atoms with Crippen LogP contribution >= 0.6 is 11.6 Å². The number of benzene rings is 1. The van der Waals surface area contributed by atoms with E-state index in [-0.39, 0.29) is 13.0 Å². The maximum Gasteiger partial charge on any atom is 0.338 e. The van der Waals surface area contributed by atoms with Gasteiger partial charge in [0.25, 0.3) is 0 Å². The molecule has 0 aliphatic heterocycles. The second kappa shape index (κ2) is 6.25. The number of esters is 1. The molecule has 1 rings (SSSR count). The highest BCUT2D eigenvalue weighted by Gasteiger charge is 2.10. The Morgan fingerprint density at radius 2 is 2.12 bits per heavy atom. The molecular weight excluding hydrogens is 244 g/mol. The first kappa shape index (κ1) is 13.5. The van der Waals surface area contributed by atoms with Crippen LogP contribution in [-0.2, 0) is 9.53 Å². The lowest BCUT2D eigenvalue weighted by Crippen LogP contribution is -2.09. The number of carbonyl (C=O) groups is 2. The van der Waals surface area contributed by atoms with E-state index in [9.17, 15) is 9.59 Å². The van der Waals surface area contributed by atoms with Crippen LogP contribution in [0.2, 0.25) is 5.02 Å². The van der Waals surface area contributed by atoms with E-state index in [1.807, 2.05) is 0 Å². The minimum Gasteiger partial charge on any atom is -0.481 e. The molecule has 0 atom stereocenters. The molecule has 0 spiro atoms. The third-order valence-electron chi connectivity index (χ3n) is 2.18. The van der Waals surface area contributed by atoms with Gasteiger partial charge in [0.1, 0.15) is 0 Å². The third-order valence-corrected chi connectivity index (χ3v) is 2.41. The van der Waals surface area contributed by atoms with Gasteiger partial charge in [0.15, 0.2) is 0 Å². The van der Waals surface area contributed by atoms with Gasteiger partial charge in [-0.15, -0.1) is 0 Å². The third kappa shape index (κ3) is 4.44. The predicted octanol–water partition coefficient (Wildman–Crippen LogP) is 2.67. The summed E-state index contributed by atoms with van der Waals surface area (Å²) in [6.07, 6.45) is 0.306. The average Bonchev–Trinajstić information content (AvgIpc) is 2.23. The highest BCUT2D eigenvalue weighted by Crippen LogP contribution is 2.16. The number of carboxylic acid groups (broad SMARTS) is 1. The number of aryl methyl sites for hydroxylation is 1. The molecule has 1 aromatic carbocycles. The van der Waals surface area contributed by atoms with Crippen molar-refractivity contribution in [2.45, 2.75) is 19.8 Å². The Morgan fingerprint density at radius 1 is 1.41 bits per heavy atom. The maximum absolute atomic E-state index is 11.6. The van der Waals surface area contributed by atoms with E-state index in [4.69, 9.17) is 21.4 Å². The number of ether oxygens (including phenoxy) is 1. The van der Waals surface area contributed by atoms with Crippen LogP contribution in [0.25, 0.3) is 0 Å². The van der Waals surface area contributed by atoms with Crippen LogP contribution in [0.15, 0.2) is 18.2 Å². The van der Waals surface area contributed by atoms with Crippen molar-refractivity contribution in [3.63, 3.8) is 0 Å². The summed E-state index contributed by atoms with van der Waals surface area (Å²) in [5.74, 6) is -1.35. The SMILES string of the molecule is Cc1cc(Cl)ccc1C(=O)OCCCC(=O)O. The Balaban J connectivity index is 2.50. The summed E-state index contributed by atoms with van der Waals surface area (Å²) in [6, 6.07) is 4.88. The number of hydrogen-bond acceptors (Lipinski definition) is 3. The molecule has 0 saturated heterocycles. The largest absolute Gasteiger partial charge is 0.481 e. The lowest BCUT2D eigenvalue weighted by atomic mass is 10.1. The highest BCUT2D eigenvalue weighted by molar-refractivity contribution is 6.30. The van der Waals surface area contributed by atoms with Crippen LogP contribution in [0.4, 0.5) is 0 Å². The number of hydrogen-bond donors (Lipinski definition) is 1. The Hall–Kier alpha value is -1.55. The molecule has 0 fully saturated rings. The van der Waals surface area contributed by atoms with Crippen molar-refractivity contribution in [1.82, 2.24) is 0 Å². The standard InChI is InChI=1S/C12H13ClO4/c1-8-7-9(13)4-5-10(8)12(16)17-6-2-3-11(14)15/h4-5,7H,2-3,6H2,1H3,(H,14,15). The zero-order valence-corrected chi connectivity index (χ0v) is 10.2. The molecule has 1 aromatic rings.